The highest BCUT2D eigenvalue weighted by atomic mass is 16.5. The van der Waals surface area contributed by atoms with Crippen molar-refractivity contribution < 1.29 is 14.3 Å². The molecule has 5 heteroatoms. The first-order valence-corrected chi connectivity index (χ1v) is 6.06. The number of hydrogen-bond donors (Lipinski definition) is 2. The highest BCUT2D eigenvalue weighted by Gasteiger charge is 2.29. The lowest BCUT2D eigenvalue weighted by Gasteiger charge is -2.10. The number of benzene rings is 1. The summed E-state index contributed by atoms with van der Waals surface area (Å²) in [6.07, 6.45) is 0. The molecule has 0 radical (unpaired) electrons. The Kier molecular flexibility index (Phi) is 4.17. The molecule has 5 nitrogen and oxygen atoms in total. The quantitative estimate of drug-likeness (QED) is 0.747. The molecule has 0 bridgehead atoms. The summed E-state index contributed by atoms with van der Waals surface area (Å²) in [7, 11) is 1.63. The van der Waals surface area contributed by atoms with Gasteiger partial charge in [-0.05, 0) is 12.6 Å². The third-order valence-corrected chi connectivity index (χ3v) is 2.82. The summed E-state index contributed by atoms with van der Waals surface area (Å²) < 4.78 is 10.4. The largest absolute Gasteiger partial charge is 0.491 e. The van der Waals surface area contributed by atoms with Crippen molar-refractivity contribution in [3.05, 3.63) is 23.8 Å². The number of rotatable bonds is 6. The molecule has 0 saturated heterocycles. The van der Waals surface area contributed by atoms with Crippen LogP contribution in [0, 0.1) is 0 Å². The third kappa shape index (κ3) is 2.63. The molecule has 1 unspecified atom stereocenters. The summed E-state index contributed by atoms with van der Waals surface area (Å²) in [5, 5.41) is 6.00. The molecule has 18 heavy (non-hydrogen) atoms. The van der Waals surface area contributed by atoms with E-state index in [2.05, 4.69) is 10.6 Å². The van der Waals surface area contributed by atoms with E-state index < -0.39 is 0 Å². The highest BCUT2D eigenvalue weighted by Crippen LogP contribution is 2.33. The maximum Gasteiger partial charge on any atom is 0.246 e. The van der Waals surface area contributed by atoms with Crippen molar-refractivity contribution in [3.63, 3.8) is 0 Å². The van der Waals surface area contributed by atoms with E-state index in [0.29, 0.717) is 13.2 Å². The number of anilines is 1. The molecular weight excluding hydrogens is 232 g/mol. The molecule has 0 aliphatic carbocycles. The van der Waals surface area contributed by atoms with E-state index in [1.165, 1.54) is 0 Å². The van der Waals surface area contributed by atoms with Gasteiger partial charge in [0.05, 0.1) is 6.61 Å². The van der Waals surface area contributed by atoms with Gasteiger partial charge in [-0.1, -0.05) is 13.0 Å². The fourth-order valence-electron chi connectivity index (χ4n) is 1.98. The van der Waals surface area contributed by atoms with E-state index >= 15 is 0 Å². The van der Waals surface area contributed by atoms with Crippen molar-refractivity contribution in [1.29, 1.82) is 0 Å². The molecule has 2 rings (SSSR count). The van der Waals surface area contributed by atoms with Gasteiger partial charge in [0.25, 0.3) is 0 Å². The standard InChI is InChI=1S/C13H18N2O3/c1-3-14-12-10-5-4-9(18-7-6-17-2)8-11(10)15-13(12)16/h4-5,8,12,14H,3,6-7H2,1-2H3,(H,15,16). The second kappa shape index (κ2) is 5.84. The molecule has 98 valence electrons. The molecule has 1 aromatic rings. The minimum absolute atomic E-state index is 0.0131. The van der Waals surface area contributed by atoms with Crippen molar-refractivity contribution in [2.45, 2.75) is 13.0 Å². The monoisotopic (exact) mass is 250 g/mol. The maximum absolute atomic E-state index is 11.8. The zero-order chi connectivity index (χ0) is 13.0. The van der Waals surface area contributed by atoms with Gasteiger partial charge >= 0.3 is 0 Å². The third-order valence-electron chi connectivity index (χ3n) is 2.82. The first kappa shape index (κ1) is 12.9. The van der Waals surface area contributed by atoms with Crippen molar-refractivity contribution in [1.82, 2.24) is 5.32 Å². The second-order valence-electron chi connectivity index (χ2n) is 4.07. The van der Waals surface area contributed by atoms with E-state index in [4.69, 9.17) is 9.47 Å². The predicted molar refractivity (Wildman–Crippen MR) is 68.9 cm³/mol. The first-order valence-electron chi connectivity index (χ1n) is 6.06. The average molecular weight is 250 g/mol. The highest BCUT2D eigenvalue weighted by molar-refractivity contribution is 6.02. The van der Waals surface area contributed by atoms with Gasteiger partial charge in [0, 0.05) is 24.4 Å². The van der Waals surface area contributed by atoms with Crippen molar-refractivity contribution in [2.24, 2.45) is 0 Å². The van der Waals surface area contributed by atoms with Crippen LogP contribution >= 0.6 is 0 Å². The fourth-order valence-corrected chi connectivity index (χ4v) is 1.98. The Balaban J connectivity index is 2.09. The van der Waals surface area contributed by atoms with Gasteiger partial charge in [-0.3, -0.25) is 4.79 Å². The van der Waals surface area contributed by atoms with Crippen LogP contribution in [0.2, 0.25) is 0 Å². The maximum atomic E-state index is 11.8. The minimum Gasteiger partial charge on any atom is -0.491 e. The van der Waals surface area contributed by atoms with E-state index in [9.17, 15) is 4.79 Å². The van der Waals surface area contributed by atoms with Crippen LogP contribution in [0.3, 0.4) is 0 Å². The van der Waals surface area contributed by atoms with Crippen molar-refractivity contribution in [3.8, 4) is 5.75 Å². The number of fused-ring (bicyclic) bond motifs is 1. The van der Waals surface area contributed by atoms with E-state index in [0.717, 1.165) is 23.5 Å². The van der Waals surface area contributed by atoms with Crippen LogP contribution in [-0.4, -0.2) is 32.8 Å². The summed E-state index contributed by atoms with van der Waals surface area (Å²) in [4.78, 5) is 11.8. The Morgan fingerprint density at radius 1 is 1.39 bits per heavy atom. The van der Waals surface area contributed by atoms with Crippen molar-refractivity contribution in [2.75, 3.05) is 32.2 Å². The number of likely N-dealkylation sites (N-methyl/N-ethyl adjacent to an activating group) is 1. The van der Waals surface area contributed by atoms with Crippen molar-refractivity contribution >= 4 is 11.6 Å². The van der Waals surface area contributed by atoms with Crippen LogP contribution in [0.15, 0.2) is 18.2 Å². The fraction of sp³-hybridized carbons (Fsp3) is 0.462. The average Bonchev–Trinajstić information content (AvgIpc) is 2.66. The SMILES string of the molecule is CCNC1C(=O)Nc2cc(OCCOC)ccc21. The number of methoxy groups -OCH3 is 1. The van der Waals surface area contributed by atoms with Crippen LogP contribution in [0.4, 0.5) is 5.69 Å². The molecule has 0 fully saturated rings. The van der Waals surface area contributed by atoms with Gasteiger partial charge in [-0.15, -0.1) is 0 Å². The van der Waals surface area contributed by atoms with Gasteiger partial charge in [0.1, 0.15) is 18.4 Å². The second-order valence-corrected chi connectivity index (χ2v) is 4.07. The number of carbonyl (C=O) groups is 1. The lowest BCUT2D eigenvalue weighted by molar-refractivity contribution is -0.117. The topological polar surface area (TPSA) is 59.6 Å². The molecule has 1 aliphatic heterocycles. The summed E-state index contributed by atoms with van der Waals surface area (Å²) in [6, 6.07) is 5.39. The summed E-state index contributed by atoms with van der Waals surface area (Å²) in [6.45, 7) is 3.78. The van der Waals surface area contributed by atoms with Crippen LogP contribution < -0.4 is 15.4 Å². The molecule has 0 aromatic heterocycles. The van der Waals surface area contributed by atoms with E-state index in [1.54, 1.807) is 7.11 Å². The van der Waals surface area contributed by atoms with Gasteiger partial charge < -0.3 is 20.1 Å². The van der Waals surface area contributed by atoms with Gasteiger partial charge in [0.2, 0.25) is 5.91 Å². The molecule has 0 saturated carbocycles. The number of ether oxygens (including phenoxy) is 2. The minimum atomic E-state index is -0.252. The summed E-state index contributed by atoms with van der Waals surface area (Å²) in [5.74, 6) is 0.726. The molecule has 1 aromatic carbocycles. The van der Waals surface area contributed by atoms with Crippen LogP contribution in [0.25, 0.3) is 0 Å². The van der Waals surface area contributed by atoms with Crippen LogP contribution in [0.1, 0.15) is 18.5 Å². The Bertz CT molecular complexity index is 434. The smallest absolute Gasteiger partial charge is 0.246 e. The number of hydrogen-bond acceptors (Lipinski definition) is 4. The number of nitrogens with one attached hydrogen (secondary N) is 2. The molecule has 1 heterocycles. The Morgan fingerprint density at radius 2 is 2.22 bits per heavy atom. The Morgan fingerprint density at radius 3 is 2.94 bits per heavy atom. The molecular formula is C13H18N2O3. The Labute approximate surface area is 106 Å². The predicted octanol–water partition coefficient (Wildman–Crippen LogP) is 1.31. The van der Waals surface area contributed by atoms with Gasteiger partial charge in [0.15, 0.2) is 0 Å². The lowest BCUT2D eigenvalue weighted by Crippen LogP contribution is -2.27. The molecule has 0 spiro atoms. The van der Waals surface area contributed by atoms with Gasteiger partial charge in [-0.25, -0.2) is 0 Å². The van der Waals surface area contributed by atoms with E-state index in [1.807, 2.05) is 25.1 Å². The summed E-state index contributed by atoms with van der Waals surface area (Å²) in [5.41, 5.74) is 1.79. The normalized spacial score (nSPS) is 17.4. The van der Waals surface area contributed by atoms with Crippen LogP contribution in [-0.2, 0) is 9.53 Å². The van der Waals surface area contributed by atoms with Gasteiger partial charge in [-0.2, -0.15) is 0 Å². The lowest BCUT2D eigenvalue weighted by atomic mass is 10.1. The Hall–Kier alpha value is -1.59. The molecule has 2 N–H and O–H groups in total. The zero-order valence-corrected chi connectivity index (χ0v) is 10.7. The number of amides is 1. The molecule has 1 amide bonds. The van der Waals surface area contributed by atoms with Crippen LogP contribution in [0.5, 0.6) is 5.75 Å². The van der Waals surface area contributed by atoms with E-state index in [-0.39, 0.29) is 11.9 Å². The molecule has 1 atom stereocenters. The summed E-state index contributed by atoms with van der Waals surface area (Å²) >= 11 is 0. The first-order chi connectivity index (χ1) is 8.76. The zero-order valence-electron chi connectivity index (χ0n) is 10.7. The number of carbonyl (C=O) groups excluding carboxylic acids is 1. The molecule has 1 aliphatic rings.